The van der Waals surface area contributed by atoms with E-state index in [-0.39, 0.29) is 12.1 Å². The maximum Gasteiger partial charge on any atom is 0.257 e. The van der Waals surface area contributed by atoms with Gasteiger partial charge in [-0.25, -0.2) is 0 Å². The number of carbonyl (C=O) groups excluding carboxylic acids is 1. The third-order valence-corrected chi connectivity index (χ3v) is 4.78. The predicted molar refractivity (Wildman–Crippen MR) is 111 cm³/mol. The van der Waals surface area contributed by atoms with Crippen LogP contribution in [0.4, 0.5) is 5.95 Å². The highest BCUT2D eigenvalue weighted by atomic mass is 16.5. The summed E-state index contributed by atoms with van der Waals surface area (Å²) < 4.78 is 10.5. The molecule has 0 radical (unpaired) electrons. The Hall–Kier alpha value is -3.69. The van der Waals surface area contributed by atoms with Crippen LogP contribution in [0.1, 0.15) is 24.2 Å². The van der Waals surface area contributed by atoms with Crippen LogP contribution >= 0.6 is 0 Å². The lowest BCUT2D eigenvalue weighted by molar-refractivity contribution is 0.0702. The van der Waals surface area contributed by atoms with Crippen molar-refractivity contribution in [1.29, 1.82) is 0 Å². The second kappa shape index (κ2) is 9.21. The first kappa shape index (κ1) is 21.0. The second-order valence-electron chi connectivity index (χ2n) is 6.42. The highest BCUT2D eigenvalue weighted by Gasteiger charge is 2.27. The van der Waals surface area contributed by atoms with Crippen molar-refractivity contribution in [2.24, 2.45) is 0 Å². The summed E-state index contributed by atoms with van der Waals surface area (Å²) in [5.74, 6) is 0.979. The van der Waals surface area contributed by atoms with Gasteiger partial charge >= 0.3 is 0 Å². The van der Waals surface area contributed by atoms with Gasteiger partial charge in [-0.2, -0.15) is 25.0 Å². The van der Waals surface area contributed by atoms with Crippen LogP contribution < -0.4 is 14.4 Å². The number of nitrogens with zero attached hydrogens (tertiary/aromatic N) is 7. The zero-order chi connectivity index (χ0) is 21.7. The van der Waals surface area contributed by atoms with E-state index < -0.39 is 0 Å². The number of methoxy groups -OCH3 is 2. The summed E-state index contributed by atoms with van der Waals surface area (Å²) in [4.78, 5) is 27.2. The molecule has 10 nitrogen and oxygen atoms in total. The number of ether oxygens (including phenoxy) is 2. The average molecular weight is 411 g/mol. The van der Waals surface area contributed by atoms with Gasteiger partial charge in [-0.3, -0.25) is 4.79 Å². The number of benzene rings is 1. The minimum atomic E-state index is -0.349. The smallest absolute Gasteiger partial charge is 0.257 e. The molecule has 10 heteroatoms. The number of hydrogen-bond donors (Lipinski definition) is 0. The number of rotatable bonds is 8. The SMILES string of the molecule is CCN(C(=O)c1ccccc1-n1nccn1)C(C)N(C)c1nc(OC)cc(OC)n1. The quantitative estimate of drug-likeness (QED) is 0.519. The fourth-order valence-corrected chi connectivity index (χ4v) is 3.04. The summed E-state index contributed by atoms with van der Waals surface area (Å²) in [6.45, 7) is 4.31. The van der Waals surface area contributed by atoms with Crippen LogP contribution in [0.3, 0.4) is 0 Å². The Bertz CT molecular complexity index is 972. The Morgan fingerprint density at radius 2 is 1.70 bits per heavy atom. The Balaban J connectivity index is 1.92. The molecule has 1 atom stereocenters. The topological polar surface area (TPSA) is 98.5 Å². The maximum atomic E-state index is 13.5. The van der Waals surface area contributed by atoms with Gasteiger partial charge in [-0.05, 0) is 26.0 Å². The normalized spacial score (nSPS) is 11.6. The Kier molecular flexibility index (Phi) is 6.45. The number of hydrogen-bond acceptors (Lipinski definition) is 8. The molecule has 3 rings (SSSR count). The molecular weight excluding hydrogens is 386 g/mol. The fraction of sp³-hybridized carbons (Fsp3) is 0.350. The lowest BCUT2D eigenvalue weighted by Gasteiger charge is -2.35. The number of anilines is 1. The van der Waals surface area contributed by atoms with E-state index >= 15 is 0 Å². The summed E-state index contributed by atoms with van der Waals surface area (Å²) in [5, 5.41) is 8.31. The number of aromatic nitrogens is 5. The van der Waals surface area contributed by atoms with Crippen molar-refractivity contribution in [3.8, 4) is 17.4 Å². The van der Waals surface area contributed by atoms with Crippen LogP contribution in [0.5, 0.6) is 11.8 Å². The van der Waals surface area contributed by atoms with Crippen molar-refractivity contribution in [3.05, 3.63) is 48.3 Å². The van der Waals surface area contributed by atoms with Crippen LogP contribution in [0, 0.1) is 0 Å². The molecule has 0 aliphatic rings. The molecule has 0 spiro atoms. The number of para-hydroxylation sites is 1. The molecule has 3 aromatic rings. The third-order valence-electron chi connectivity index (χ3n) is 4.78. The van der Waals surface area contributed by atoms with Crippen molar-refractivity contribution in [2.75, 3.05) is 32.7 Å². The van der Waals surface area contributed by atoms with E-state index in [1.807, 2.05) is 39.1 Å². The van der Waals surface area contributed by atoms with Gasteiger partial charge in [0, 0.05) is 13.6 Å². The van der Waals surface area contributed by atoms with Crippen molar-refractivity contribution in [3.63, 3.8) is 0 Å². The average Bonchev–Trinajstić information content (AvgIpc) is 3.33. The summed E-state index contributed by atoms with van der Waals surface area (Å²) in [5.41, 5.74) is 1.11. The first-order chi connectivity index (χ1) is 14.5. The summed E-state index contributed by atoms with van der Waals surface area (Å²) >= 11 is 0. The fourth-order valence-electron chi connectivity index (χ4n) is 3.04. The molecule has 0 aliphatic heterocycles. The second-order valence-corrected chi connectivity index (χ2v) is 6.42. The first-order valence-electron chi connectivity index (χ1n) is 9.46. The van der Waals surface area contributed by atoms with Gasteiger partial charge in [-0.15, -0.1) is 0 Å². The van der Waals surface area contributed by atoms with Crippen LogP contribution in [0.2, 0.25) is 0 Å². The molecule has 1 aromatic carbocycles. The van der Waals surface area contributed by atoms with Crippen LogP contribution in [-0.2, 0) is 0 Å². The molecule has 0 bridgehead atoms. The largest absolute Gasteiger partial charge is 0.481 e. The van der Waals surface area contributed by atoms with Crippen molar-refractivity contribution in [1.82, 2.24) is 29.9 Å². The van der Waals surface area contributed by atoms with Crippen molar-refractivity contribution < 1.29 is 14.3 Å². The number of carbonyl (C=O) groups is 1. The van der Waals surface area contributed by atoms with Gasteiger partial charge in [0.25, 0.3) is 5.91 Å². The minimum absolute atomic E-state index is 0.153. The molecule has 158 valence electrons. The third kappa shape index (κ3) is 4.17. The lowest BCUT2D eigenvalue weighted by atomic mass is 10.1. The van der Waals surface area contributed by atoms with E-state index in [0.717, 1.165) is 0 Å². The molecule has 2 heterocycles. The Labute approximate surface area is 175 Å². The summed E-state index contributed by atoms with van der Waals surface area (Å²) in [6.07, 6.45) is 2.80. The van der Waals surface area contributed by atoms with E-state index in [9.17, 15) is 4.79 Å². The first-order valence-corrected chi connectivity index (χ1v) is 9.46. The van der Waals surface area contributed by atoms with Gasteiger partial charge in [0.1, 0.15) is 6.17 Å². The molecule has 2 aromatic heterocycles. The molecule has 1 unspecified atom stereocenters. The Morgan fingerprint density at radius 3 is 2.27 bits per heavy atom. The van der Waals surface area contributed by atoms with Gasteiger partial charge in [0.05, 0.1) is 43.9 Å². The maximum absolute atomic E-state index is 13.5. The minimum Gasteiger partial charge on any atom is -0.481 e. The summed E-state index contributed by atoms with van der Waals surface area (Å²) in [7, 11) is 4.87. The molecule has 0 fully saturated rings. The molecule has 30 heavy (non-hydrogen) atoms. The molecule has 1 amide bonds. The highest BCUT2D eigenvalue weighted by Crippen LogP contribution is 2.23. The molecule has 0 aliphatic carbocycles. The van der Waals surface area contributed by atoms with E-state index in [1.54, 1.807) is 34.3 Å². The molecule has 0 saturated heterocycles. The Morgan fingerprint density at radius 1 is 1.10 bits per heavy atom. The standard InChI is InChI=1S/C20H25N7O3/c1-6-26(14(2)25(3)20-23-17(29-4)13-18(24-20)30-5)19(28)15-9-7-8-10-16(15)27-21-11-12-22-27/h7-14H,6H2,1-5H3. The van der Waals surface area contributed by atoms with Crippen LogP contribution in [-0.4, -0.2) is 69.7 Å². The van der Waals surface area contributed by atoms with E-state index in [4.69, 9.17) is 9.47 Å². The summed E-state index contributed by atoms with van der Waals surface area (Å²) in [6, 6.07) is 8.83. The van der Waals surface area contributed by atoms with Gasteiger partial charge in [0.15, 0.2) is 0 Å². The predicted octanol–water partition coefficient (Wildman–Crippen LogP) is 2.02. The van der Waals surface area contributed by atoms with Crippen LogP contribution in [0.15, 0.2) is 42.7 Å². The van der Waals surface area contributed by atoms with E-state index in [2.05, 4.69) is 20.2 Å². The van der Waals surface area contributed by atoms with Crippen molar-refractivity contribution >= 4 is 11.9 Å². The lowest BCUT2D eigenvalue weighted by Crippen LogP contribution is -2.48. The monoisotopic (exact) mass is 411 g/mol. The highest BCUT2D eigenvalue weighted by molar-refractivity contribution is 5.98. The number of amides is 1. The van der Waals surface area contributed by atoms with Gasteiger partial charge in [-0.1, -0.05) is 12.1 Å². The molecule has 0 N–H and O–H groups in total. The van der Waals surface area contributed by atoms with E-state index in [0.29, 0.717) is 35.5 Å². The van der Waals surface area contributed by atoms with Gasteiger partial charge in [0.2, 0.25) is 17.7 Å². The molecular formula is C20H25N7O3. The van der Waals surface area contributed by atoms with Crippen LogP contribution in [0.25, 0.3) is 5.69 Å². The zero-order valence-electron chi connectivity index (χ0n) is 17.7. The van der Waals surface area contributed by atoms with Crippen molar-refractivity contribution in [2.45, 2.75) is 20.0 Å². The van der Waals surface area contributed by atoms with Gasteiger partial charge < -0.3 is 19.3 Å². The zero-order valence-corrected chi connectivity index (χ0v) is 17.7. The molecule has 0 saturated carbocycles. The van der Waals surface area contributed by atoms with E-state index in [1.165, 1.54) is 19.0 Å².